The van der Waals surface area contributed by atoms with Crippen LogP contribution in [0, 0.1) is 0 Å². The van der Waals surface area contributed by atoms with Crippen LogP contribution in [0.2, 0.25) is 0 Å². The van der Waals surface area contributed by atoms with Crippen LogP contribution < -0.4 is 0 Å². The van der Waals surface area contributed by atoms with E-state index in [2.05, 4.69) is 0 Å². The van der Waals surface area contributed by atoms with Crippen LogP contribution in [0.5, 0.6) is 0 Å². The van der Waals surface area contributed by atoms with E-state index in [9.17, 15) is 4.79 Å². The molecule has 0 amide bonds. The predicted octanol–water partition coefficient (Wildman–Crippen LogP) is 2.24. The molecule has 0 aromatic rings. The number of carbonyl (C=O) groups is 1. The van der Waals surface area contributed by atoms with E-state index in [1.807, 2.05) is 14.0 Å². The number of rotatable bonds is 2. The standard InChI is InChI=1S/C9H12Cl2NO/c1-3-12(2)6-8(7-13)4-5-9(12,10)11/h4-7H,3H2,1-2H3/q+1. The van der Waals surface area contributed by atoms with Gasteiger partial charge < -0.3 is 0 Å². The molecule has 1 aliphatic heterocycles. The first kappa shape index (κ1) is 10.8. The van der Waals surface area contributed by atoms with E-state index in [-0.39, 0.29) is 0 Å². The van der Waals surface area contributed by atoms with Crippen molar-refractivity contribution in [2.45, 2.75) is 11.4 Å². The molecule has 0 saturated heterocycles. The van der Waals surface area contributed by atoms with Crippen molar-refractivity contribution in [2.24, 2.45) is 0 Å². The Balaban J connectivity index is 3.10. The summed E-state index contributed by atoms with van der Waals surface area (Å²) in [6.45, 7) is 2.70. The molecule has 72 valence electrons. The average Bonchev–Trinajstić information content (AvgIpc) is 2.10. The fourth-order valence-electron chi connectivity index (χ4n) is 1.20. The number of aldehydes is 1. The van der Waals surface area contributed by atoms with Gasteiger partial charge >= 0.3 is 0 Å². The van der Waals surface area contributed by atoms with E-state index in [0.717, 1.165) is 12.8 Å². The molecule has 0 aromatic heterocycles. The van der Waals surface area contributed by atoms with Gasteiger partial charge in [-0.15, -0.1) is 0 Å². The lowest BCUT2D eigenvalue weighted by molar-refractivity contribution is -0.875. The maximum Gasteiger partial charge on any atom is 0.274 e. The highest BCUT2D eigenvalue weighted by Crippen LogP contribution is 2.37. The molecule has 1 aliphatic rings. The van der Waals surface area contributed by atoms with Crippen LogP contribution >= 0.6 is 23.2 Å². The van der Waals surface area contributed by atoms with Gasteiger partial charge in [-0.3, -0.25) is 9.28 Å². The number of nitrogens with zero attached hydrogens (tertiary/aromatic N) is 1. The van der Waals surface area contributed by atoms with Gasteiger partial charge in [-0.25, -0.2) is 0 Å². The minimum atomic E-state index is -0.971. The smallest absolute Gasteiger partial charge is 0.274 e. The summed E-state index contributed by atoms with van der Waals surface area (Å²) in [5.74, 6) is 0. The Kier molecular flexibility index (Phi) is 2.85. The highest BCUT2D eigenvalue weighted by Gasteiger charge is 2.43. The zero-order valence-electron chi connectivity index (χ0n) is 7.63. The van der Waals surface area contributed by atoms with Gasteiger partial charge in [0.25, 0.3) is 4.46 Å². The third kappa shape index (κ3) is 1.80. The summed E-state index contributed by atoms with van der Waals surface area (Å²) >= 11 is 12.2. The predicted molar refractivity (Wildman–Crippen MR) is 54.4 cm³/mol. The van der Waals surface area contributed by atoms with Gasteiger partial charge in [0.1, 0.15) is 6.20 Å². The van der Waals surface area contributed by atoms with Gasteiger partial charge in [-0.2, -0.15) is 0 Å². The second-order valence-corrected chi connectivity index (χ2v) is 4.60. The van der Waals surface area contributed by atoms with Crippen LogP contribution in [0.4, 0.5) is 0 Å². The van der Waals surface area contributed by atoms with Crippen molar-refractivity contribution in [3.8, 4) is 0 Å². The van der Waals surface area contributed by atoms with Crippen molar-refractivity contribution < 1.29 is 9.28 Å². The van der Waals surface area contributed by atoms with Gasteiger partial charge in [0.05, 0.1) is 19.2 Å². The van der Waals surface area contributed by atoms with Crippen LogP contribution in [-0.4, -0.2) is 28.8 Å². The minimum Gasteiger partial charge on any atom is -0.298 e. The zero-order chi connectivity index (χ0) is 10.1. The van der Waals surface area contributed by atoms with Gasteiger partial charge in [-0.05, 0) is 36.2 Å². The minimum absolute atomic E-state index is 0.320. The van der Waals surface area contributed by atoms with Crippen molar-refractivity contribution in [2.75, 3.05) is 13.6 Å². The van der Waals surface area contributed by atoms with E-state index >= 15 is 0 Å². The lowest BCUT2D eigenvalue weighted by Crippen LogP contribution is -2.52. The topological polar surface area (TPSA) is 17.1 Å². The van der Waals surface area contributed by atoms with Crippen molar-refractivity contribution in [3.63, 3.8) is 0 Å². The molecule has 0 aliphatic carbocycles. The van der Waals surface area contributed by atoms with E-state index in [4.69, 9.17) is 23.2 Å². The fraction of sp³-hybridized carbons (Fsp3) is 0.444. The summed E-state index contributed by atoms with van der Waals surface area (Å²) in [4.78, 5) is 10.6. The van der Waals surface area contributed by atoms with Crippen molar-refractivity contribution in [1.29, 1.82) is 0 Å². The maximum atomic E-state index is 10.6. The van der Waals surface area contributed by atoms with Gasteiger partial charge in [0.2, 0.25) is 0 Å². The van der Waals surface area contributed by atoms with E-state index in [0.29, 0.717) is 10.1 Å². The van der Waals surface area contributed by atoms with Crippen molar-refractivity contribution in [3.05, 3.63) is 23.9 Å². The van der Waals surface area contributed by atoms with E-state index < -0.39 is 4.46 Å². The summed E-state index contributed by atoms with van der Waals surface area (Å²) in [6, 6.07) is 0. The Bertz CT molecular complexity index is 283. The van der Waals surface area contributed by atoms with Gasteiger partial charge in [0.15, 0.2) is 6.29 Å². The number of alkyl halides is 2. The monoisotopic (exact) mass is 220 g/mol. The number of likely N-dealkylation sites (N-methyl/N-ethyl adjacent to an activating group) is 1. The van der Waals surface area contributed by atoms with Crippen LogP contribution in [0.25, 0.3) is 0 Å². The Morgan fingerprint density at radius 1 is 1.62 bits per heavy atom. The Labute approximate surface area is 88.0 Å². The van der Waals surface area contributed by atoms with E-state index in [1.165, 1.54) is 0 Å². The van der Waals surface area contributed by atoms with Crippen molar-refractivity contribution >= 4 is 29.5 Å². The second kappa shape index (κ2) is 3.45. The first-order valence-electron chi connectivity index (χ1n) is 4.05. The van der Waals surface area contributed by atoms with Crippen LogP contribution in [0.3, 0.4) is 0 Å². The molecule has 4 heteroatoms. The molecule has 1 rings (SSSR count). The van der Waals surface area contributed by atoms with Gasteiger partial charge in [-0.1, -0.05) is 0 Å². The summed E-state index contributed by atoms with van der Waals surface area (Å²) in [5.41, 5.74) is 0.612. The number of allylic oxidation sites excluding steroid dienone is 2. The first-order valence-corrected chi connectivity index (χ1v) is 4.81. The third-order valence-electron chi connectivity index (χ3n) is 2.38. The fourth-order valence-corrected chi connectivity index (χ4v) is 1.66. The van der Waals surface area contributed by atoms with E-state index in [1.54, 1.807) is 18.4 Å². The molecule has 0 saturated carbocycles. The number of halogens is 2. The van der Waals surface area contributed by atoms with Crippen LogP contribution in [0.15, 0.2) is 23.9 Å². The molecule has 1 atom stereocenters. The molecular formula is C9H12Cl2NO+. The molecule has 0 radical (unpaired) electrons. The normalized spacial score (nSPS) is 31.2. The number of quaternary nitrogens is 1. The number of carbonyl (C=O) groups excluding carboxylic acids is 1. The summed E-state index contributed by atoms with van der Waals surface area (Å²) in [5, 5.41) is 0. The molecule has 0 bridgehead atoms. The third-order valence-corrected chi connectivity index (χ3v) is 3.41. The lowest BCUT2D eigenvalue weighted by Gasteiger charge is -2.39. The highest BCUT2D eigenvalue weighted by atomic mass is 35.5. The molecule has 13 heavy (non-hydrogen) atoms. The van der Waals surface area contributed by atoms with Crippen LogP contribution in [-0.2, 0) is 4.79 Å². The largest absolute Gasteiger partial charge is 0.298 e. The molecule has 0 aromatic carbocycles. The van der Waals surface area contributed by atoms with Crippen LogP contribution in [0.1, 0.15) is 6.92 Å². The van der Waals surface area contributed by atoms with Crippen molar-refractivity contribution in [1.82, 2.24) is 0 Å². The maximum absolute atomic E-state index is 10.6. The zero-order valence-corrected chi connectivity index (χ0v) is 9.14. The summed E-state index contributed by atoms with van der Waals surface area (Å²) in [6.07, 6.45) is 5.85. The second-order valence-electron chi connectivity index (χ2n) is 3.25. The molecule has 0 spiro atoms. The lowest BCUT2D eigenvalue weighted by atomic mass is 10.2. The molecule has 1 heterocycles. The Morgan fingerprint density at radius 2 is 2.23 bits per heavy atom. The highest BCUT2D eigenvalue weighted by molar-refractivity contribution is 6.48. The Hall–Kier alpha value is -0.310. The summed E-state index contributed by atoms with van der Waals surface area (Å²) < 4.78 is -0.651. The SMILES string of the molecule is CC[N+]1(C)C=C(C=O)C=CC1(Cl)Cl. The molecular weight excluding hydrogens is 209 g/mol. The number of hydrogen-bond acceptors (Lipinski definition) is 1. The summed E-state index contributed by atoms with van der Waals surface area (Å²) in [7, 11) is 1.88. The quantitative estimate of drug-likeness (QED) is 0.302. The average molecular weight is 221 g/mol. The molecule has 0 fully saturated rings. The molecule has 0 N–H and O–H groups in total. The van der Waals surface area contributed by atoms with Gasteiger partial charge in [0, 0.05) is 6.08 Å². The number of hydrogen-bond donors (Lipinski definition) is 0. The Morgan fingerprint density at radius 3 is 2.69 bits per heavy atom. The molecule has 1 unspecified atom stereocenters. The molecule has 2 nitrogen and oxygen atoms in total. The first-order chi connectivity index (χ1) is 5.95.